The van der Waals surface area contributed by atoms with Crippen LogP contribution in [0.15, 0.2) is 42.6 Å². The third kappa shape index (κ3) is 3.25. The maximum absolute atomic E-state index is 13.2. The Bertz CT molecular complexity index is 857. The molecule has 0 aliphatic rings. The Balaban J connectivity index is 1.99. The van der Waals surface area contributed by atoms with Crippen LogP contribution in [-0.4, -0.2) is 17.1 Å². The molecule has 1 unspecified atom stereocenters. The first-order valence-corrected chi connectivity index (χ1v) is 7.37. The molecule has 4 nitrogen and oxygen atoms in total. The van der Waals surface area contributed by atoms with Crippen LogP contribution in [0.3, 0.4) is 0 Å². The monoisotopic (exact) mass is 332 g/mol. The zero-order chi connectivity index (χ0) is 16.4. The fourth-order valence-corrected chi connectivity index (χ4v) is 2.57. The molecule has 23 heavy (non-hydrogen) atoms. The van der Waals surface area contributed by atoms with Gasteiger partial charge in [0.25, 0.3) is 0 Å². The van der Waals surface area contributed by atoms with Gasteiger partial charge in [-0.05, 0) is 31.2 Å². The topological polar surface area (TPSA) is 44.2 Å². The van der Waals surface area contributed by atoms with Crippen LogP contribution in [0.25, 0.3) is 11.0 Å². The Hall–Kier alpha value is -2.24. The lowest BCUT2D eigenvalue weighted by Gasteiger charge is -2.16. The van der Waals surface area contributed by atoms with Crippen LogP contribution in [-0.2, 0) is 4.74 Å². The summed E-state index contributed by atoms with van der Waals surface area (Å²) in [5.41, 5.74) is 1.75. The highest BCUT2D eigenvalue weighted by atomic mass is 35.5. The average Bonchev–Trinajstić information content (AvgIpc) is 2.54. The molecule has 1 heterocycles. The fourth-order valence-electron chi connectivity index (χ4n) is 2.25. The molecule has 0 N–H and O–H groups in total. The largest absolute Gasteiger partial charge is 0.437 e. The Kier molecular flexibility index (Phi) is 4.41. The van der Waals surface area contributed by atoms with Gasteiger partial charge in [0.2, 0.25) is 5.88 Å². The highest BCUT2D eigenvalue weighted by molar-refractivity contribution is 6.31. The van der Waals surface area contributed by atoms with Crippen molar-refractivity contribution in [1.82, 2.24) is 9.97 Å². The molecule has 0 amide bonds. The second-order valence-corrected chi connectivity index (χ2v) is 5.38. The number of ether oxygens (including phenoxy) is 2. The second-order valence-electron chi connectivity index (χ2n) is 4.97. The van der Waals surface area contributed by atoms with Gasteiger partial charge < -0.3 is 9.47 Å². The van der Waals surface area contributed by atoms with Gasteiger partial charge in [-0.2, -0.15) is 0 Å². The predicted octanol–water partition coefficient (Wildman–Crippen LogP) is 4.92. The normalized spacial score (nSPS) is 12.3. The number of nitrogens with zero attached hydrogens (tertiary/aromatic N) is 2. The minimum absolute atomic E-state index is 0.235. The van der Waals surface area contributed by atoms with Gasteiger partial charge in [0.1, 0.15) is 11.6 Å². The lowest BCUT2D eigenvalue weighted by Crippen LogP contribution is -2.01. The molecule has 0 spiro atoms. The fraction of sp³-hybridized carbons (Fsp3) is 0.176. The summed E-state index contributed by atoms with van der Waals surface area (Å²) in [5, 5.41) is 0.549. The smallest absolute Gasteiger partial charge is 0.238 e. The van der Waals surface area contributed by atoms with Gasteiger partial charge in [0.05, 0.1) is 28.4 Å². The number of rotatable bonds is 4. The molecule has 0 aliphatic heterocycles. The molecule has 0 radical (unpaired) electrons. The first-order chi connectivity index (χ1) is 11.1. The van der Waals surface area contributed by atoms with E-state index in [4.69, 9.17) is 21.1 Å². The van der Waals surface area contributed by atoms with Crippen LogP contribution in [0.1, 0.15) is 18.6 Å². The summed E-state index contributed by atoms with van der Waals surface area (Å²) < 4.78 is 24.3. The van der Waals surface area contributed by atoms with E-state index in [1.165, 1.54) is 18.3 Å². The molecule has 1 atom stereocenters. The second kappa shape index (κ2) is 6.48. The molecule has 6 heteroatoms. The van der Waals surface area contributed by atoms with Crippen molar-refractivity contribution in [2.24, 2.45) is 0 Å². The van der Waals surface area contributed by atoms with Crippen molar-refractivity contribution in [3.05, 3.63) is 59.0 Å². The Morgan fingerprint density at radius 2 is 2.00 bits per heavy atom. The zero-order valence-electron chi connectivity index (χ0n) is 12.6. The summed E-state index contributed by atoms with van der Waals surface area (Å²) in [4.78, 5) is 8.50. The van der Waals surface area contributed by atoms with Crippen molar-refractivity contribution in [3.8, 4) is 11.6 Å². The van der Waals surface area contributed by atoms with Gasteiger partial charge >= 0.3 is 0 Å². The standard InChI is InChI=1S/C17H14ClFN2O2/c1-10(22-2)17-12(18)4-3-5-15(17)23-16-9-20-14-8-11(19)6-7-13(14)21-16/h3-10H,1-2H3. The molecule has 118 valence electrons. The highest BCUT2D eigenvalue weighted by Gasteiger charge is 2.16. The number of halogens is 2. The predicted molar refractivity (Wildman–Crippen MR) is 86.4 cm³/mol. The molecule has 0 saturated heterocycles. The molecule has 3 aromatic rings. The number of benzene rings is 2. The van der Waals surface area contributed by atoms with E-state index in [1.807, 2.05) is 6.92 Å². The molecule has 0 bridgehead atoms. The molecule has 0 aliphatic carbocycles. The Morgan fingerprint density at radius 3 is 2.78 bits per heavy atom. The summed E-state index contributed by atoms with van der Waals surface area (Å²) in [7, 11) is 1.60. The molecule has 0 saturated carbocycles. The van der Waals surface area contributed by atoms with E-state index >= 15 is 0 Å². The van der Waals surface area contributed by atoms with E-state index in [0.717, 1.165) is 5.56 Å². The highest BCUT2D eigenvalue weighted by Crippen LogP contribution is 2.35. The van der Waals surface area contributed by atoms with Crippen LogP contribution < -0.4 is 4.74 Å². The summed E-state index contributed by atoms with van der Waals surface area (Å²) in [5.74, 6) is 0.491. The van der Waals surface area contributed by atoms with Gasteiger partial charge in [-0.3, -0.25) is 0 Å². The van der Waals surface area contributed by atoms with Crippen LogP contribution >= 0.6 is 11.6 Å². The van der Waals surface area contributed by atoms with Crippen LogP contribution in [0, 0.1) is 5.82 Å². The minimum Gasteiger partial charge on any atom is -0.437 e. The molecule has 3 rings (SSSR count). The zero-order valence-corrected chi connectivity index (χ0v) is 13.3. The number of hydrogen-bond donors (Lipinski definition) is 0. The van der Waals surface area contributed by atoms with Crippen molar-refractivity contribution in [3.63, 3.8) is 0 Å². The quantitative estimate of drug-likeness (QED) is 0.680. The summed E-state index contributed by atoms with van der Waals surface area (Å²) in [6.07, 6.45) is 1.21. The molecular weight excluding hydrogens is 319 g/mol. The van der Waals surface area contributed by atoms with Crippen molar-refractivity contribution in [2.45, 2.75) is 13.0 Å². The lowest BCUT2D eigenvalue weighted by atomic mass is 10.1. The van der Waals surface area contributed by atoms with Gasteiger partial charge in [-0.25, -0.2) is 14.4 Å². The van der Waals surface area contributed by atoms with E-state index in [-0.39, 0.29) is 11.9 Å². The molecular formula is C17H14ClFN2O2. The maximum atomic E-state index is 13.2. The van der Waals surface area contributed by atoms with Crippen molar-refractivity contribution in [1.29, 1.82) is 0 Å². The minimum atomic E-state index is -0.355. The first kappa shape index (κ1) is 15.6. The van der Waals surface area contributed by atoms with Gasteiger partial charge in [-0.15, -0.1) is 0 Å². The third-order valence-corrected chi connectivity index (χ3v) is 3.80. The van der Waals surface area contributed by atoms with E-state index in [0.29, 0.717) is 27.7 Å². The average molecular weight is 333 g/mol. The molecule has 2 aromatic carbocycles. The van der Waals surface area contributed by atoms with Crippen LogP contribution in [0.5, 0.6) is 11.6 Å². The van der Waals surface area contributed by atoms with Crippen LogP contribution in [0.2, 0.25) is 5.02 Å². The van der Waals surface area contributed by atoms with Gasteiger partial charge in [-0.1, -0.05) is 17.7 Å². The van der Waals surface area contributed by atoms with Crippen molar-refractivity contribution >= 4 is 22.6 Å². The number of methoxy groups -OCH3 is 1. The van der Waals surface area contributed by atoms with Crippen LogP contribution in [0.4, 0.5) is 4.39 Å². The maximum Gasteiger partial charge on any atom is 0.238 e. The summed E-state index contributed by atoms with van der Waals surface area (Å²) >= 11 is 6.24. The lowest BCUT2D eigenvalue weighted by molar-refractivity contribution is 0.117. The summed E-state index contributed by atoms with van der Waals surface area (Å²) in [6.45, 7) is 1.88. The molecule has 1 aromatic heterocycles. The Labute approximate surface area is 137 Å². The van der Waals surface area contributed by atoms with E-state index in [2.05, 4.69) is 9.97 Å². The van der Waals surface area contributed by atoms with Gasteiger partial charge in [0.15, 0.2) is 0 Å². The Morgan fingerprint density at radius 1 is 1.17 bits per heavy atom. The number of aromatic nitrogens is 2. The SMILES string of the molecule is COC(C)c1c(Cl)cccc1Oc1cnc2cc(F)ccc2n1. The third-order valence-electron chi connectivity index (χ3n) is 3.47. The summed E-state index contributed by atoms with van der Waals surface area (Å²) in [6, 6.07) is 9.55. The number of hydrogen-bond acceptors (Lipinski definition) is 4. The van der Waals surface area contributed by atoms with Crippen molar-refractivity contribution < 1.29 is 13.9 Å². The van der Waals surface area contributed by atoms with E-state index < -0.39 is 0 Å². The van der Waals surface area contributed by atoms with Gasteiger partial charge in [0, 0.05) is 18.7 Å². The van der Waals surface area contributed by atoms with E-state index in [1.54, 1.807) is 31.4 Å². The van der Waals surface area contributed by atoms with Crippen molar-refractivity contribution in [2.75, 3.05) is 7.11 Å². The molecule has 0 fully saturated rings. The first-order valence-electron chi connectivity index (χ1n) is 7.00. The van der Waals surface area contributed by atoms with E-state index in [9.17, 15) is 4.39 Å². The number of fused-ring (bicyclic) bond motifs is 1.